The molecular formula is C20H22N2O5. The van der Waals surface area contributed by atoms with Gasteiger partial charge >= 0.3 is 0 Å². The van der Waals surface area contributed by atoms with Crippen LogP contribution in [0.2, 0.25) is 0 Å². The summed E-state index contributed by atoms with van der Waals surface area (Å²) in [6.45, 7) is 1.31. The Hall–Kier alpha value is -3.06. The van der Waals surface area contributed by atoms with Crippen molar-refractivity contribution in [2.75, 3.05) is 26.2 Å². The number of amides is 2. The second-order valence-electron chi connectivity index (χ2n) is 6.42. The number of nitrogens with one attached hydrogen (secondary N) is 1. The van der Waals surface area contributed by atoms with Crippen molar-refractivity contribution >= 4 is 17.5 Å². The molecule has 2 N–H and O–H groups in total. The van der Waals surface area contributed by atoms with Gasteiger partial charge in [-0.05, 0) is 23.8 Å². The third kappa shape index (κ3) is 2.90. The predicted molar refractivity (Wildman–Crippen MR) is 99.9 cm³/mol. The van der Waals surface area contributed by atoms with Gasteiger partial charge in [0.25, 0.3) is 5.91 Å². The molecule has 3 rings (SSSR count). The first-order valence-corrected chi connectivity index (χ1v) is 8.42. The van der Waals surface area contributed by atoms with E-state index in [1.807, 2.05) is 0 Å². The van der Waals surface area contributed by atoms with E-state index in [0.29, 0.717) is 28.3 Å². The molecule has 0 saturated carbocycles. The minimum atomic E-state index is -1.64. The maximum absolute atomic E-state index is 13.2. The number of benzene rings is 2. The Morgan fingerprint density at radius 2 is 1.74 bits per heavy atom. The van der Waals surface area contributed by atoms with Crippen molar-refractivity contribution in [1.82, 2.24) is 5.32 Å². The Labute approximate surface area is 157 Å². The molecule has 0 aliphatic carbocycles. The lowest BCUT2D eigenvalue weighted by Gasteiger charge is -2.34. The minimum Gasteiger partial charge on any atom is -0.497 e. The van der Waals surface area contributed by atoms with Crippen molar-refractivity contribution in [2.45, 2.75) is 18.6 Å². The Balaban J connectivity index is 2.23. The fourth-order valence-electron chi connectivity index (χ4n) is 3.56. The van der Waals surface area contributed by atoms with Gasteiger partial charge in [-0.15, -0.1) is 0 Å². The average Bonchev–Trinajstić information content (AvgIpc) is 2.89. The molecule has 0 saturated heterocycles. The number of aliphatic hydroxyl groups is 1. The predicted octanol–water partition coefficient (Wildman–Crippen LogP) is 1.75. The first-order valence-electron chi connectivity index (χ1n) is 8.42. The van der Waals surface area contributed by atoms with Crippen LogP contribution in [0, 0.1) is 0 Å². The third-order valence-electron chi connectivity index (χ3n) is 4.81. The van der Waals surface area contributed by atoms with Gasteiger partial charge < -0.3 is 24.8 Å². The first kappa shape index (κ1) is 18.7. The number of anilines is 1. The molecule has 142 valence electrons. The lowest BCUT2D eigenvalue weighted by molar-refractivity contribution is -0.135. The van der Waals surface area contributed by atoms with Crippen LogP contribution in [0.1, 0.15) is 24.2 Å². The highest BCUT2D eigenvalue weighted by atomic mass is 16.5. The number of hydrogen-bond acceptors (Lipinski definition) is 5. The summed E-state index contributed by atoms with van der Waals surface area (Å²) in [5, 5.41) is 14.0. The van der Waals surface area contributed by atoms with Crippen molar-refractivity contribution < 1.29 is 24.2 Å². The summed E-state index contributed by atoms with van der Waals surface area (Å²) in [5.41, 5.74) is -0.0975. The van der Waals surface area contributed by atoms with Gasteiger partial charge in [-0.2, -0.15) is 0 Å². The molecule has 1 heterocycles. The van der Waals surface area contributed by atoms with E-state index in [4.69, 9.17) is 9.47 Å². The van der Waals surface area contributed by atoms with E-state index in [0.717, 1.165) is 0 Å². The average molecular weight is 370 g/mol. The zero-order valence-corrected chi connectivity index (χ0v) is 15.6. The molecule has 2 aromatic carbocycles. The Morgan fingerprint density at radius 3 is 2.30 bits per heavy atom. The van der Waals surface area contributed by atoms with Gasteiger partial charge in [0, 0.05) is 31.3 Å². The number of hydrogen-bond donors (Lipinski definition) is 2. The van der Waals surface area contributed by atoms with E-state index >= 15 is 0 Å². The van der Waals surface area contributed by atoms with Crippen molar-refractivity contribution in [1.29, 1.82) is 0 Å². The number of carbonyl (C=O) groups excluding carboxylic acids is 2. The second-order valence-corrected chi connectivity index (χ2v) is 6.42. The third-order valence-corrected chi connectivity index (χ3v) is 4.81. The number of ether oxygens (including phenoxy) is 2. The maximum Gasteiger partial charge on any atom is 0.260 e. The largest absolute Gasteiger partial charge is 0.497 e. The van der Waals surface area contributed by atoms with Crippen LogP contribution in [-0.4, -0.2) is 38.2 Å². The molecule has 7 nitrogen and oxygen atoms in total. The monoisotopic (exact) mass is 370 g/mol. The van der Waals surface area contributed by atoms with Crippen molar-refractivity contribution in [2.24, 2.45) is 0 Å². The number of para-hydroxylation sites is 1. The topological polar surface area (TPSA) is 88.1 Å². The standard InChI is InChI=1S/C20H22N2O5/c1-12(23)21-20(16-7-5-6-8-17(16)22(2)19(20)25)18(24)13-9-14(26-3)11-15(10-13)27-4/h5-11,18,24H,1-4H3,(H,21,23)/t18-,20-/m0/s1. The summed E-state index contributed by atoms with van der Waals surface area (Å²) in [5.74, 6) is 0.0810. The van der Waals surface area contributed by atoms with Gasteiger partial charge in [-0.1, -0.05) is 18.2 Å². The zero-order chi connectivity index (χ0) is 19.8. The van der Waals surface area contributed by atoms with E-state index < -0.39 is 23.5 Å². The van der Waals surface area contributed by atoms with Crippen LogP contribution in [0.15, 0.2) is 42.5 Å². The molecule has 1 aliphatic heterocycles. The summed E-state index contributed by atoms with van der Waals surface area (Å²) < 4.78 is 10.5. The van der Waals surface area contributed by atoms with Crippen LogP contribution < -0.4 is 19.7 Å². The molecule has 0 radical (unpaired) electrons. The van der Waals surface area contributed by atoms with Crippen LogP contribution in [-0.2, 0) is 15.1 Å². The second kappa shape index (κ2) is 6.92. The smallest absolute Gasteiger partial charge is 0.260 e. The molecule has 27 heavy (non-hydrogen) atoms. The van der Waals surface area contributed by atoms with E-state index in [-0.39, 0.29) is 0 Å². The van der Waals surface area contributed by atoms with Gasteiger partial charge in [0.2, 0.25) is 5.91 Å². The van der Waals surface area contributed by atoms with E-state index in [1.165, 1.54) is 26.0 Å². The number of methoxy groups -OCH3 is 2. The highest BCUT2D eigenvalue weighted by molar-refractivity contribution is 6.09. The van der Waals surface area contributed by atoms with E-state index in [2.05, 4.69) is 5.32 Å². The molecule has 1 aliphatic rings. The molecule has 2 atom stereocenters. The quantitative estimate of drug-likeness (QED) is 0.837. The summed E-state index contributed by atoms with van der Waals surface area (Å²) in [4.78, 5) is 26.7. The lowest BCUT2D eigenvalue weighted by atomic mass is 9.81. The Kier molecular flexibility index (Phi) is 4.80. The maximum atomic E-state index is 13.2. The summed E-state index contributed by atoms with van der Waals surface area (Å²) >= 11 is 0. The molecule has 2 amide bonds. The molecule has 2 aromatic rings. The summed E-state index contributed by atoms with van der Waals surface area (Å²) in [7, 11) is 4.61. The highest BCUT2D eigenvalue weighted by Gasteiger charge is 2.56. The van der Waals surface area contributed by atoms with Crippen LogP contribution in [0.25, 0.3) is 0 Å². The molecule has 0 spiro atoms. The van der Waals surface area contributed by atoms with E-state index in [9.17, 15) is 14.7 Å². The number of carbonyl (C=O) groups is 2. The van der Waals surface area contributed by atoms with Gasteiger partial charge in [0.05, 0.1) is 14.2 Å². The minimum absolute atomic E-state index is 0.387. The fraction of sp³-hybridized carbons (Fsp3) is 0.300. The SMILES string of the molecule is COc1cc(OC)cc([C@H](O)[C@]2(NC(C)=O)C(=O)N(C)c3ccccc32)c1. The molecular weight excluding hydrogens is 348 g/mol. The van der Waals surface area contributed by atoms with Gasteiger partial charge in [0.1, 0.15) is 17.6 Å². The van der Waals surface area contributed by atoms with Gasteiger partial charge in [-0.3, -0.25) is 9.59 Å². The van der Waals surface area contributed by atoms with Crippen molar-refractivity contribution in [3.63, 3.8) is 0 Å². The van der Waals surface area contributed by atoms with Gasteiger partial charge in [-0.25, -0.2) is 0 Å². The van der Waals surface area contributed by atoms with Gasteiger partial charge in [0.15, 0.2) is 5.54 Å². The van der Waals surface area contributed by atoms with Crippen LogP contribution in [0.4, 0.5) is 5.69 Å². The van der Waals surface area contributed by atoms with Crippen LogP contribution in [0.5, 0.6) is 11.5 Å². The fourth-order valence-corrected chi connectivity index (χ4v) is 3.56. The van der Waals surface area contributed by atoms with E-state index in [1.54, 1.807) is 49.5 Å². The summed E-state index contributed by atoms with van der Waals surface area (Å²) in [6.07, 6.45) is -1.36. The number of nitrogens with zero attached hydrogens (tertiary/aromatic N) is 1. The van der Waals surface area contributed by atoms with Crippen molar-refractivity contribution in [3.05, 3.63) is 53.6 Å². The normalized spacial score (nSPS) is 19.4. The number of likely N-dealkylation sites (N-methyl/N-ethyl adjacent to an activating group) is 1. The number of aliphatic hydroxyl groups excluding tert-OH is 1. The molecule has 0 bridgehead atoms. The van der Waals surface area contributed by atoms with Crippen LogP contribution >= 0.6 is 0 Å². The number of rotatable bonds is 5. The zero-order valence-electron chi connectivity index (χ0n) is 15.6. The van der Waals surface area contributed by atoms with Crippen LogP contribution in [0.3, 0.4) is 0 Å². The lowest BCUT2D eigenvalue weighted by Crippen LogP contribution is -2.55. The highest BCUT2D eigenvalue weighted by Crippen LogP contribution is 2.47. The summed E-state index contributed by atoms with van der Waals surface area (Å²) in [6, 6.07) is 12.0. The first-order chi connectivity index (χ1) is 12.8. The molecule has 0 fully saturated rings. The van der Waals surface area contributed by atoms with Crippen molar-refractivity contribution in [3.8, 4) is 11.5 Å². The Bertz CT molecular complexity index is 875. The molecule has 0 unspecified atom stereocenters. The molecule has 7 heteroatoms. The molecule has 0 aromatic heterocycles. The number of fused-ring (bicyclic) bond motifs is 1. The Morgan fingerprint density at radius 1 is 1.15 bits per heavy atom.